The summed E-state index contributed by atoms with van der Waals surface area (Å²) < 4.78 is 18.9. The Morgan fingerprint density at radius 2 is 1.60 bits per heavy atom. The van der Waals surface area contributed by atoms with E-state index in [1.165, 1.54) is 24.3 Å². The van der Waals surface area contributed by atoms with Crippen LogP contribution < -0.4 is 10.1 Å². The van der Waals surface area contributed by atoms with Crippen molar-refractivity contribution in [2.75, 3.05) is 6.61 Å². The van der Waals surface area contributed by atoms with Crippen LogP contribution >= 0.6 is 0 Å². The molecule has 0 saturated heterocycles. The van der Waals surface area contributed by atoms with Gasteiger partial charge in [-0.25, -0.2) is 4.39 Å². The minimum Gasteiger partial charge on any atom is -0.484 e. The fourth-order valence-electron chi connectivity index (χ4n) is 3.64. The van der Waals surface area contributed by atoms with Gasteiger partial charge in [0.15, 0.2) is 6.61 Å². The molecule has 0 aliphatic rings. The molecular weight excluding hydrogens is 443 g/mol. The molecule has 0 aromatic heterocycles. The zero-order valence-electron chi connectivity index (χ0n) is 20.5. The number of ether oxygens (including phenoxy) is 1. The van der Waals surface area contributed by atoms with E-state index in [2.05, 4.69) is 5.32 Å². The van der Waals surface area contributed by atoms with Crippen LogP contribution in [-0.2, 0) is 22.6 Å². The summed E-state index contributed by atoms with van der Waals surface area (Å²) in [6, 6.07) is 22.3. The number of halogens is 1. The lowest BCUT2D eigenvalue weighted by Crippen LogP contribution is -2.53. The summed E-state index contributed by atoms with van der Waals surface area (Å²) in [6.45, 7) is 5.95. The van der Waals surface area contributed by atoms with Crippen LogP contribution in [0.5, 0.6) is 5.75 Å². The lowest BCUT2D eigenvalue weighted by atomic mass is 10.0. The van der Waals surface area contributed by atoms with E-state index in [0.29, 0.717) is 12.2 Å². The molecule has 0 spiro atoms. The Labute approximate surface area is 206 Å². The third-order valence-corrected chi connectivity index (χ3v) is 5.92. The van der Waals surface area contributed by atoms with Gasteiger partial charge in [-0.3, -0.25) is 9.59 Å². The summed E-state index contributed by atoms with van der Waals surface area (Å²) in [5.74, 6) is -0.520. The third-order valence-electron chi connectivity index (χ3n) is 5.92. The summed E-state index contributed by atoms with van der Waals surface area (Å²) in [5, 5.41) is 3.04. The van der Waals surface area contributed by atoms with Crippen LogP contribution in [0.2, 0.25) is 0 Å². The molecule has 3 rings (SSSR count). The number of carbonyl (C=O) groups excluding carboxylic acids is 2. The Balaban J connectivity index is 1.89. The Morgan fingerprint density at radius 1 is 0.943 bits per heavy atom. The first kappa shape index (κ1) is 25.9. The third kappa shape index (κ3) is 7.95. The smallest absolute Gasteiger partial charge is 0.261 e. The summed E-state index contributed by atoms with van der Waals surface area (Å²) in [7, 11) is 0. The molecule has 3 aromatic rings. The lowest BCUT2D eigenvalue weighted by Gasteiger charge is -2.32. The summed E-state index contributed by atoms with van der Waals surface area (Å²) in [6.07, 6.45) is 1.15. The maximum atomic E-state index is 13.5. The zero-order valence-corrected chi connectivity index (χ0v) is 20.5. The topological polar surface area (TPSA) is 58.6 Å². The Morgan fingerprint density at radius 3 is 2.23 bits per heavy atom. The van der Waals surface area contributed by atoms with Crippen molar-refractivity contribution < 1.29 is 18.7 Å². The molecule has 3 aromatic carbocycles. The van der Waals surface area contributed by atoms with Crippen LogP contribution in [0.4, 0.5) is 4.39 Å². The van der Waals surface area contributed by atoms with Crippen LogP contribution in [-0.4, -0.2) is 35.4 Å². The van der Waals surface area contributed by atoms with E-state index in [4.69, 9.17) is 4.74 Å². The van der Waals surface area contributed by atoms with Crippen molar-refractivity contribution in [1.82, 2.24) is 10.2 Å². The molecule has 2 atom stereocenters. The Kier molecular flexibility index (Phi) is 9.41. The first-order valence-corrected chi connectivity index (χ1v) is 11.9. The van der Waals surface area contributed by atoms with Gasteiger partial charge in [-0.15, -0.1) is 0 Å². The van der Waals surface area contributed by atoms with Crippen LogP contribution in [0.25, 0.3) is 0 Å². The molecule has 35 heavy (non-hydrogen) atoms. The van der Waals surface area contributed by atoms with Gasteiger partial charge in [-0.1, -0.05) is 67.1 Å². The highest BCUT2D eigenvalue weighted by Crippen LogP contribution is 2.17. The average Bonchev–Trinajstić information content (AvgIpc) is 2.87. The number of hydrogen-bond acceptors (Lipinski definition) is 3. The second-order valence-electron chi connectivity index (χ2n) is 8.77. The van der Waals surface area contributed by atoms with Crippen molar-refractivity contribution in [3.05, 3.63) is 101 Å². The van der Waals surface area contributed by atoms with E-state index in [1.807, 2.05) is 75.4 Å². The number of benzene rings is 3. The number of hydrogen-bond donors (Lipinski definition) is 1. The number of amides is 2. The van der Waals surface area contributed by atoms with Crippen molar-refractivity contribution in [3.63, 3.8) is 0 Å². The second-order valence-corrected chi connectivity index (χ2v) is 8.77. The fourth-order valence-corrected chi connectivity index (χ4v) is 3.64. The van der Waals surface area contributed by atoms with E-state index >= 15 is 0 Å². The monoisotopic (exact) mass is 476 g/mol. The van der Waals surface area contributed by atoms with Crippen LogP contribution in [0.3, 0.4) is 0 Å². The molecule has 0 fully saturated rings. The molecule has 0 radical (unpaired) electrons. The number of nitrogens with one attached hydrogen (secondary N) is 1. The SMILES string of the molecule is CC[C@@H](C)NC(=O)[C@H](Cc1ccccc1)N(Cc1ccc(C)cc1)C(=O)COc1ccc(F)cc1. The predicted molar refractivity (Wildman–Crippen MR) is 135 cm³/mol. The molecular formula is C29H33FN2O3. The highest BCUT2D eigenvalue weighted by Gasteiger charge is 2.31. The fraction of sp³-hybridized carbons (Fsp3) is 0.310. The van der Waals surface area contributed by atoms with Gasteiger partial charge in [0.2, 0.25) is 5.91 Å². The molecule has 0 aliphatic carbocycles. The number of nitrogens with zero attached hydrogens (tertiary/aromatic N) is 1. The second kappa shape index (κ2) is 12.7. The van der Waals surface area contributed by atoms with Crippen LogP contribution in [0, 0.1) is 12.7 Å². The molecule has 0 bridgehead atoms. The molecule has 0 aliphatic heterocycles. The van der Waals surface area contributed by atoms with Crippen LogP contribution in [0.15, 0.2) is 78.9 Å². The summed E-state index contributed by atoms with van der Waals surface area (Å²) in [4.78, 5) is 28.5. The van der Waals surface area contributed by atoms with Gasteiger partial charge < -0.3 is 15.0 Å². The molecule has 1 N–H and O–H groups in total. The maximum Gasteiger partial charge on any atom is 0.261 e. The normalized spacial score (nSPS) is 12.5. The van der Waals surface area contributed by atoms with Crippen molar-refractivity contribution in [1.29, 1.82) is 0 Å². The van der Waals surface area contributed by atoms with Gasteiger partial charge >= 0.3 is 0 Å². The molecule has 0 saturated carbocycles. The lowest BCUT2D eigenvalue weighted by molar-refractivity contribution is -0.143. The molecule has 2 amide bonds. The molecule has 5 nitrogen and oxygen atoms in total. The number of carbonyl (C=O) groups is 2. The van der Waals surface area contributed by atoms with Crippen molar-refractivity contribution in [2.24, 2.45) is 0 Å². The van der Waals surface area contributed by atoms with E-state index in [1.54, 1.807) is 4.90 Å². The highest BCUT2D eigenvalue weighted by molar-refractivity contribution is 5.88. The standard InChI is InChI=1S/C29H33FN2O3/c1-4-22(3)31-29(34)27(18-23-8-6-5-7-9-23)32(19-24-12-10-21(2)11-13-24)28(33)20-35-26-16-14-25(30)15-17-26/h5-17,22,27H,4,18-20H2,1-3H3,(H,31,34)/t22-,27+/m1/s1. The van der Waals surface area contributed by atoms with Gasteiger partial charge in [0, 0.05) is 19.0 Å². The van der Waals surface area contributed by atoms with Gasteiger partial charge in [0.05, 0.1) is 0 Å². The van der Waals surface area contributed by atoms with Gasteiger partial charge in [-0.05, 0) is 55.7 Å². The maximum absolute atomic E-state index is 13.5. The van der Waals surface area contributed by atoms with Crippen LogP contribution in [0.1, 0.15) is 37.0 Å². The van der Waals surface area contributed by atoms with E-state index in [9.17, 15) is 14.0 Å². The molecule has 184 valence electrons. The first-order valence-electron chi connectivity index (χ1n) is 11.9. The van der Waals surface area contributed by atoms with Crippen molar-refractivity contribution in [3.8, 4) is 5.75 Å². The molecule has 0 heterocycles. The minimum atomic E-state index is -0.725. The average molecular weight is 477 g/mol. The van der Waals surface area contributed by atoms with E-state index < -0.39 is 6.04 Å². The largest absolute Gasteiger partial charge is 0.484 e. The number of aryl methyl sites for hydroxylation is 1. The van der Waals surface area contributed by atoms with E-state index in [-0.39, 0.29) is 36.8 Å². The Bertz CT molecular complexity index is 1090. The zero-order chi connectivity index (χ0) is 25.2. The summed E-state index contributed by atoms with van der Waals surface area (Å²) in [5.41, 5.74) is 2.99. The van der Waals surface area contributed by atoms with Crippen molar-refractivity contribution in [2.45, 2.75) is 52.2 Å². The van der Waals surface area contributed by atoms with Gasteiger partial charge in [0.1, 0.15) is 17.6 Å². The van der Waals surface area contributed by atoms with E-state index in [0.717, 1.165) is 23.1 Å². The Hall–Kier alpha value is -3.67. The molecule has 0 unspecified atom stereocenters. The van der Waals surface area contributed by atoms with Gasteiger partial charge in [-0.2, -0.15) is 0 Å². The van der Waals surface area contributed by atoms with Gasteiger partial charge in [0.25, 0.3) is 5.91 Å². The van der Waals surface area contributed by atoms with Crippen molar-refractivity contribution >= 4 is 11.8 Å². The number of rotatable bonds is 11. The summed E-state index contributed by atoms with van der Waals surface area (Å²) >= 11 is 0. The minimum absolute atomic E-state index is 0.0208. The predicted octanol–water partition coefficient (Wildman–Crippen LogP) is 5.07. The first-order chi connectivity index (χ1) is 16.9. The highest BCUT2D eigenvalue weighted by atomic mass is 19.1. The quantitative estimate of drug-likeness (QED) is 0.421. The molecule has 6 heteroatoms.